The number of hydrogen-bond acceptors (Lipinski definition) is 7. The van der Waals surface area contributed by atoms with Crippen LogP contribution >= 0.6 is 11.3 Å². The van der Waals surface area contributed by atoms with Gasteiger partial charge in [0.15, 0.2) is 5.72 Å². The van der Waals surface area contributed by atoms with Gasteiger partial charge in [0.2, 0.25) is 17.8 Å². The van der Waals surface area contributed by atoms with E-state index < -0.39 is 17.6 Å². The summed E-state index contributed by atoms with van der Waals surface area (Å²) in [6.07, 6.45) is 4.70. The molecule has 3 N–H and O–H groups in total. The molecule has 174 valence electrons. The quantitative estimate of drug-likeness (QED) is 0.405. The highest BCUT2D eigenvalue weighted by molar-refractivity contribution is 7.20. The molecule has 10 heteroatoms. The van der Waals surface area contributed by atoms with E-state index in [0.717, 1.165) is 43.4 Å². The molecular formula is C23H26FN5O3S. The van der Waals surface area contributed by atoms with Crippen LogP contribution in [-0.2, 0) is 4.79 Å². The fourth-order valence-corrected chi connectivity index (χ4v) is 5.25. The highest BCUT2D eigenvalue weighted by Crippen LogP contribution is 2.36. The number of rotatable bonds is 6. The number of hydrogen-bond donors (Lipinski definition) is 2. The summed E-state index contributed by atoms with van der Waals surface area (Å²) in [5.41, 5.74) is 5.81. The number of ether oxygens (including phenoxy) is 1. The lowest BCUT2D eigenvalue weighted by Gasteiger charge is -2.44. The number of thiophene rings is 1. The number of anilines is 2. The van der Waals surface area contributed by atoms with Crippen molar-refractivity contribution in [3.63, 3.8) is 0 Å². The Hall–Kier alpha value is -3.27. The van der Waals surface area contributed by atoms with Crippen molar-refractivity contribution >= 4 is 45.0 Å². The molecule has 1 aliphatic rings. The maximum absolute atomic E-state index is 14.6. The lowest BCUT2D eigenvalue weighted by atomic mass is 9.90. The van der Waals surface area contributed by atoms with E-state index in [-0.39, 0.29) is 22.1 Å². The smallest absolute Gasteiger partial charge is 0.259 e. The fourth-order valence-electron chi connectivity index (χ4n) is 4.23. The van der Waals surface area contributed by atoms with Crippen LogP contribution in [0.15, 0.2) is 24.3 Å². The van der Waals surface area contributed by atoms with Crippen LogP contribution in [0.4, 0.5) is 16.0 Å². The van der Waals surface area contributed by atoms with Crippen LogP contribution in [0.3, 0.4) is 0 Å². The van der Waals surface area contributed by atoms with Crippen molar-refractivity contribution < 1.29 is 18.7 Å². The minimum Gasteiger partial charge on any atom is -0.468 e. The summed E-state index contributed by atoms with van der Waals surface area (Å²) < 4.78 is 20.9. The Labute approximate surface area is 195 Å². The molecule has 1 aromatic carbocycles. The second kappa shape index (κ2) is 8.93. The number of fused-ring (bicyclic) bond motifs is 1. The second-order valence-corrected chi connectivity index (χ2v) is 9.27. The number of carbonyl (C=O) groups excluding carboxylic acids is 2. The van der Waals surface area contributed by atoms with Gasteiger partial charge >= 0.3 is 0 Å². The van der Waals surface area contributed by atoms with E-state index in [9.17, 15) is 14.0 Å². The van der Waals surface area contributed by atoms with Crippen LogP contribution < -0.4 is 15.8 Å². The summed E-state index contributed by atoms with van der Waals surface area (Å²) in [6, 6.07) is 7.14. The highest BCUT2D eigenvalue weighted by atomic mass is 32.1. The third kappa shape index (κ3) is 4.47. The molecule has 0 saturated heterocycles. The van der Waals surface area contributed by atoms with E-state index in [1.807, 2.05) is 0 Å². The van der Waals surface area contributed by atoms with Gasteiger partial charge in [0, 0.05) is 32.5 Å². The standard InChI is InChI=1S/C23H26FN5O3S/c1-13-17-19(24)27-22(28-21(17)33-18(13)20(25)31)26-15-7-9-16(10-8-15)32-23(29(3)14(2)30)11-5-4-6-12-23/h7-10H,4-6,11-12H2,1-3H3,(H2,25,31)(H,26,27,28). The van der Waals surface area contributed by atoms with Crippen LogP contribution in [0.5, 0.6) is 5.75 Å². The Kier molecular flexibility index (Phi) is 6.20. The molecule has 0 spiro atoms. The van der Waals surface area contributed by atoms with Gasteiger partial charge in [-0.25, -0.2) is 4.98 Å². The second-order valence-electron chi connectivity index (χ2n) is 8.27. The molecule has 2 heterocycles. The third-order valence-corrected chi connectivity index (χ3v) is 7.31. The van der Waals surface area contributed by atoms with Gasteiger partial charge in [0.25, 0.3) is 5.91 Å². The first-order valence-electron chi connectivity index (χ1n) is 10.8. The van der Waals surface area contributed by atoms with Crippen molar-refractivity contribution in [1.29, 1.82) is 0 Å². The van der Waals surface area contributed by atoms with E-state index in [2.05, 4.69) is 15.3 Å². The number of nitrogens with two attached hydrogens (primary N) is 1. The maximum Gasteiger partial charge on any atom is 0.259 e. The number of carbonyl (C=O) groups is 2. The average molecular weight is 472 g/mol. The molecule has 4 rings (SSSR count). The zero-order chi connectivity index (χ0) is 23.8. The normalized spacial score (nSPS) is 15.3. The molecule has 2 aromatic heterocycles. The van der Waals surface area contributed by atoms with E-state index in [0.29, 0.717) is 21.8 Å². The molecule has 1 aliphatic carbocycles. The molecule has 3 aromatic rings. The predicted octanol–water partition coefficient (Wildman–Crippen LogP) is 4.50. The average Bonchev–Trinajstić information content (AvgIpc) is 3.12. The molecule has 1 saturated carbocycles. The molecule has 0 aliphatic heterocycles. The van der Waals surface area contributed by atoms with Crippen molar-refractivity contribution in [2.45, 2.75) is 51.7 Å². The number of nitrogens with one attached hydrogen (secondary N) is 1. The van der Waals surface area contributed by atoms with Crippen LogP contribution in [0, 0.1) is 12.9 Å². The Balaban J connectivity index is 1.54. The number of halogens is 1. The molecule has 0 radical (unpaired) electrons. The number of nitrogens with zero attached hydrogens (tertiary/aromatic N) is 3. The summed E-state index contributed by atoms with van der Waals surface area (Å²) in [5, 5.41) is 3.19. The number of primary amides is 1. The van der Waals surface area contributed by atoms with Gasteiger partial charge in [-0.3, -0.25) is 9.59 Å². The van der Waals surface area contributed by atoms with Crippen LogP contribution in [-0.4, -0.2) is 39.5 Å². The first-order chi connectivity index (χ1) is 15.7. The van der Waals surface area contributed by atoms with Gasteiger partial charge in [-0.05, 0) is 49.6 Å². The zero-order valence-electron chi connectivity index (χ0n) is 18.8. The van der Waals surface area contributed by atoms with Crippen LogP contribution in [0.1, 0.15) is 54.3 Å². The monoisotopic (exact) mass is 471 g/mol. The number of benzene rings is 1. The van der Waals surface area contributed by atoms with Gasteiger partial charge in [-0.15, -0.1) is 11.3 Å². The highest BCUT2D eigenvalue weighted by Gasteiger charge is 2.39. The molecule has 33 heavy (non-hydrogen) atoms. The van der Waals surface area contributed by atoms with Crippen molar-refractivity contribution in [1.82, 2.24) is 14.9 Å². The summed E-state index contributed by atoms with van der Waals surface area (Å²) >= 11 is 1.04. The Morgan fingerprint density at radius 1 is 1.18 bits per heavy atom. The summed E-state index contributed by atoms with van der Waals surface area (Å²) in [4.78, 5) is 34.1. The Morgan fingerprint density at radius 2 is 1.85 bits per heavy atom. The van der Waals surface area contributed by atoms with Crippen LogP contribution in [0.2, 0.25) is 0 Å². The van der Waals surface area contributed by atoms with Gasteiger partial charge in [-0.2, -0.15) is 9.37 Å². The van der Waals surface area contributed by atoms with Gasteiger partial charge in [-0.1, -0.05) is 6.42 Å². The van der Waals surface area contributed by atoms with Gasteiger partial charge in [0.05, 0.1) is 10.3 Å². The Morgan fingerprint density at radius 3 is 2.45 bits per heavy atom. The van der Waals surface area contributed by atoms with E-state index >= 15 is 0 Å². The fraction of sp³-hybridized carbons (Fsp3) is 0.391. The van der Waals surface area contributed by atoms with E-state index in [1.54, 1.807) is 50.1 Å². The first-order valence-corrected chi connectivity index (χ1v) is 11.6. The minimum atomic E-state index is -0.713. The summed E-state index contributed by atoms with van der Waals surface area (Å²) in [5.74, 6) is -0.654. The predicted molar refractivity (Wildman–Crippen MR) is 125 cm³/mol. The number of aromatic nitrogens is 2. The summed E-state index contributed by atoms with van der Waals surface area (Å²) in [6.45, 7) is 3.17. The molecule has 8 nitrogen and oxygen atoms in total. The van der Waals surface area contributed by atoms with Crippen molar-refractivity contribution in [2.75, 3.05) is 12.4 Å². The molecule has 0 bridgehead atoms. The molecule has 2 amide bonds. The topological polar surface area (TPSA) is 110 Å². The third-order valence-electron chi connectivity index (χ3n) is 6.11. The molecule has 1 fully saturated rings. The largest absolute Gasteiger partial charge is 0.468 e. The van der Waals surface area contributed by atoms with Crippen molar-refractivity contribution in [3.05, 3.63) is 40.7 Å². The number of amides is 2. The van der Waals surface area contributed by atoms with Crippen molar-refractivity contribution in [2.24, 2.45) is 5.73 Å². The SMILES string of the molecule is CC(=O)N(C)C1(Oc2ccc(Nc3nc(F)c4c(C)c(C(N)=O)sc4n3)cc2)CCCCC1. The molecule has 0 unspecified atom stereocenters. The summed E-state index contributed by atoms with van der Waals surface area (Å²) in [7, 11) is 1.78. The van der Waals surface area contributed by atoms with E-state index in [1.165, 1.54) is 0 Å². The van der Waals surface area contributed by atoms with Gasteiger partial charge < -0.3 is 20.7 Å². The zero-order valence-corrected chi connectivity index (χ0v) is 19.6. The lowest BCUT2D eigenvalue weighted by Crippen LogP contribution is -2.54. The minimum absolute atomic E-state index is 0.0342. The maximum atomic E-state index is 14.6. The van der Waals surface area contributed by atoms with E-state index in [4.69, 9.17) is 10.5 Å². The lowest BCUT2D eigenvalue weighted by molar-refractivity contribution is -0.153. The number of aryl methyl sites for hydroxylation is 1. The first kappa shape index (κ1) is 22.9. The van der Waals surface area contributed by atoms with Crippen LogP contribution in [0.25, 0.3) is 10.2 Å². The van der Waals surface area contributed by atoms with Crippen molar-refractivity contribution in [3.8, 4) is 5.75 Å². The Bertz CT molecular complexity index is 1210. The van der Waals surface area contributed by atoms with Gasteiger partial charge in [0.1, 0.15) is 10.6 Å². The molecule has 0 atom stereocenters. The molecular weight excluding hydrogens is 445 g/mol.